The fourth-order valence-corrected chi connectivity index (χ4v) is 1.89. The number of aromatic nitrogens is 2. The van der Waals surface area contributed by atoms with Crippen LogP contribution in [0.1, 0.15) is 0 Å². The van der Waals surface area contributed by atoms with Crippen LogP contribution in [0.5, 0.6) is 5.75 Å². The summed E-state index contributed by atoms with van der Waals surface area (Å²) in [5, 5.41) is 0.336. The van der Waals surface area contributed by atoms with Gasteiger partial charge in [0, 0.05) is 5.56 Å². The number of hydrogen-bond acceptors (Lipinski definition) is 3. The van der Waals surface area contributed by atoms with Gasteiger partial charge in [-0.05, 0) is 34.1 Å². The predicted molar refractivity (Wildman–Crippen MR) is 71.7 cm³/mol. The number of rotatable bonds is 2. The van der Waals surface area contributed by atoms with Crippen molar-refractivity contribution in [1.82, 2.24) is 9.97 Å². The molecule has 1 heterocycles. The molecular weight excluding hydrogens is 346 g/mol. The van der Waals surface area contributed by atoms with Crippen molar-refractivity contribution in [2.75, 3.05) is 7.11 Å². The molecule has 2 aromatic rings. The van der Waals surface area contributed by atoms with Crippen molar-refractivity contribution in [2.24, 2.45) is 0 Å². The molecule has 0 unspecified atom stereocenters. The number of nitrogens with zero attached hydrogens (tertiary/aromatic N) is 2. The average molecular weight is 352 g/mol. The van der Waals surface area contributed by atoms with Gasteiger partial charge < -0.3 is 4.74 Å². The number of hydrogen-bond donors (Lipinski definition) is 0. The maximum Gasteiger partial charge on any atom is 0.165 e. The van der Waals surface area contributed by atoms with Crippen LogP contribution in [-0.4, -0.2) is 17.1 Å². The maximum atomic E-state index is 13.6. The Bertz CT molecular complexity index is 587. The van der Waals surface area contributed by atoms with Gasteiger partial charge in [-0.25, -0.2) is 14.4 Å². The Morgan fingerprint density at radius 1 is 1.22 bits per heavy atom. The molecular formula is C11H6BrCl2FN2O. The van der Waals surface area contributed by atoms with Crippen LogP contribution >= 0.6 is 39.1 Å². The van der Waals surface area contributed by atoms with Gasteiger partial charge in [-0.15, -0.1) is 0 Å². The first-order valence-electron chi connectivity index (χ1n) is 4.75. The summed E-state index contributed by atoms with van der Waals surface area (Å²) in [4.78, 5) is 8.03. The van der Waals surface area contributed by atoms with Gasteiger partial charge in [0.05, 0.1) is 11.6 Å². The van der Waals surface area contributed by atoms with E-state index in [0.717, 1.165) is 0 Å². The highest BCUT2D eigenvalue weighted by atomic mass is 79.9. The van der Waals surface area contributed by atoms with Gasteiger partial charge in [-0.3, -0.25) is 0 Å². The molecule has 0 radical (unpaired) electrons. The second kappa shape index (κ2) is 5.38. The van der Waals surface area contributed by atoms with E-state index in [2.05, 4.69) is 25.9 Å². The van der Waals surface area contributed by atoms with Crippen LogP contribution in [0.15, 0.2) is 22.7 Å². The largest absolute Gasteiger partial charge is 0.494 e. The molecule has 3 nitrogen and oxygen atoms in total. The molecule has 7 heteroatoms. The molecule has 0 aliphatic carbocycles. The van der Waals surface area contributed by atoms with Crippen molar-refractivity contribution in [3.63, 3.8) is 0 Å². The van der Waals surface area contributed by atoms with Gasteiger partial charge in [0.2, 0.25) is 0 Å². The summed E-state index contributed by atoms with van der Waals surface area (Å²) in [6, 6.07) is 4.37. The second-order valence-electron chi connectivity index (χ2n) is 3.29. The molecule has 0 aliphatic heterocycles. The molecule has 0 atom stereocenters. The summed E-state index contributed by atoms with van der Waals surface area (Å²) in [6.07, 6.45) is 0. The molecule has 0 spiro atoms. The van der Waals surface area contributed by atoms with Gasteiger partial charge in [0.25, 0.3) is 0 Å². The topological polar surface area (TPSA) is 35.0 Å². The quantitative estimate of drug-likeness (QED) is 0.754. The molecule has 94 valence electrons. The van der Waals surface area contributed by atoms with Crippen molar-refractivity contribution in [2.45, 2.75) is 0 Å². The SMILES string of the molecule is COc1ccc(-c2nc(Cl)c(Br)c(Cl)n2)cc1F. The highest BCUT2D eigenvalue weighted by Crippen LogP contribution is 2.31. The van der Waals surface area contributed by atoms with Crippen LogP contribution in [0.2, 0.25) is 10.3 Å². The minimum absolute atomic E-state index is 0.146. The van der Waals surface area contributed by atoms with E-state index in [1.807, 2.05) is 0 Å². The molecule has 0 saturated heterocycles. The molecule has 1 aromatic carbocycles. The molecule has 18 heavy (non-hydrogen) atoms. The zero-order valence-electron chi connectivity index (χ0n) is 9.05. The second-order valence-corrected chi connectivity index (χ2v) is 4.80. The summed E-state index contributed by atoms with van der Waals surface area (Å²) in [5.74, 6) is -0.114. The zero-order chi connectivity index (χ0) is 13.3. The molecule has 0 fully saturated rings. The van der Waals surface area contributed by atoms with Crippen LogP contribution in [0.3, 0.4) is 0 Å². The summed E-state index contributed by atoms with van der Waals surface area (Å²) < 4.78 is 18.8. The molecule has 0 bridgehead atoms. The van der Waals surface area contributed by atoms with Crippen molar-refractivity contribution >= 4 is 39.1 Å². The van der Waals surface area contributed by atoms with Gasteiger partial charge >= 0.3 is 0 Å². The molecule has 0 N–H and O–H groups in total. The van der Waals surface area contributed by atoms with E-state index in [4.69, 9.17) is 27.9 Å². The Balaban J connectivity index is 2.52. The lowest BCUT2D eigenvalue weighted by Gasteiger charge is -2.06. The predicted octanol–water partition coefficient (Wildman–Crippen LogP) is 4.36. The van der Waals surface area contributed by atoms with Crippen molar-refractivity contribution < 1.29 is 9.13 Å². The van der Waals surface area contributed by atoms with Gasteiger partial charge in [-0.1, -0.05) is 23.2 Å². The van der Waals surface area contributed by atoms with Crippen LogP contribution in [0.4, 0.5) is 4.39 Å². The Labute approximate surface area is 121 Å². The summed E-state index contributed by atoms with van der Waals surface area (Å²) in [7, 11) is 1.39. The number of benzene rings is 1. The van der Waals surface area contributed by atoms with E-state index in [9.17, 15) is 4.39 Å². The van der Waals surface area contributed by atoms with E-state index in [0.29, 0.717) is 10.0 Å². The first-order valence-corrected chi connectivity index (χ1v) is 6.30. The normalized spacial score (nSPS) is 10.5. The Morgan fingerprint density at radius 3 is 2.33 bits per heavy atom. The maximum absolute atomic E-state index is 13.6. The van der Waals surface area contributed by atoms with Crippen molar-refractivity contribution in [1.29, 1.82) is 0 Å². The van der Waals surface area contributed by atoms with Gasteiger partial charge in [0.1, 0.15) is 10.3 Å². The first kappa shape index (κ1) is 13.5. The highest BCUT2D eigenvalue weighted by Gasteiger charge is 2.12. The fourth-order valence-electron chi connectivity index (χ4n) is 1.33. The van der Waals surface area contributed by atoms with E-state index < -0.39 is 5.82 Å². The third-order valence-electron chi connectivity index (χ3n) is 2.18. The third kappa shape index (κ3) is 2.58. The minimum atomic E-state index is -0.506. The lowest BCUT2D eigenvalue weighted by atomic mass is 10.2. The Kier molecular flexibility index (Phi) is 4.04. The molecule has 1 aromatic heterocycles. The first-order chi connectivity index (χ1) is 8.52. The number of methoxy groups -OCH3 is 1. The van der Waals surface area contributed by atoms with Crippen molar-refractivity contribution in [3.8, 4) is 17.1 Å². The minimum Gasteiger partial charge on any atom is -0.494 e. The summed E-state index contributed by atoms with van der Waals surface area (Å²) in [5.41, 5.74) is 0.463. The third-order valence-corrected chi connectivity index (χ3v) is 3.94. The van der Waals surface area contributed by atoms with Crippen LogP contribution in [-0.2, 0) is 0 Å². The Hall–Kier alpha value is -0.910. The number of ether oxygens (including phenoxy) is 1. The van der Waals surface area contributed by atoms with E-state index in [1.165, 1.54) is 19.2 Å². The molecule has 0 saturated carbocycles. The molecule has 0 amide bonds. The van der Waals surface area contributed by atoms with E-state index in [1.54, 1.807) is 6.07 Å². The number of halogens is 4. The zero-order valence-corrected chi connectivity index (χ0v) is 12.1. The molecule has 0 aliphatic rings. The lowest BCUT2D eigenvalue weighted by molar-refractivity contribution is 0.386. The van der Waals surface area contributed by atoms with Crippen LogP contribution < -0.4 is 4.74 Å². The standard InChI is InChI=1S/C11H6BrCl2FN2O/c1-18-7-3-2-5(4-6(7)15)11-16-9(13)8(12)10(14)17-11/h2-4H,1H3. The summed E-state index contributed by atoms with van der Waals surface area (Å²) >= 11 is 14.9. The van der Waals surface area contributed by atoms with E-state index in [-0.39, 0.29) is 21.9 Å². The van der Waals surface area contributed by atoms with Crippen LogP contribution in [0, 0.1) is 5.82 Å². The lowest BCUT2D eigenvalue weighted by Crippen LogP contribution is -1.94. The van der Waals surface area contributed by atoms with Gasteiger partial charge in [0.15, 0.2) is 17.4 Å². The smallest absolute Gasteiger partial charge is 0.165 e. The highest BCUT2D eigenvalue weighted by molar-refractivity contribution is 9.10. The summed E-state index contributed by atoms with van der Waals surface area (Å²) in [6.45, 7) is 0. The van der Waals surface area contributed by atoms with Crippen LogP contribution in [0.25, 0.3) is 11.4 Å². The van der Waals surface area contributed by atoms with E-state index >= 15 is 0 Å². The monoisotopic (exact) mass is 350 g/mol. The fraction of sp³-hybridized carbons (Fsp3) is 0.0909. The van der Waals surface area contributed by atoms with Gasteiger partial charge in [-0.2, -0.15) is 0 Å². The Morgan fingerprint density at radius 2 is 1.83 bits per heavy atom. The van der Waals surface area contributed by atoms with Crippen molar-refractivity contribution in [3.05, 3.63) is 38.8 Å². The molecule has 2 rings (SSSR count). The average Bonchev–Trinajstić information content (AvgIpc) is 2.35.